The minimum atomic E-state index is -4.41. The molecular weight excluding hydrogens is 364 g/mol. The Kier molecular flexibility index (Phi) is 5.78. The van der Waals surface area contributed by atoms with Crippen LogP contribution in [0.1, 0.15) is 6.42 Å². The number of hydrogen-bond acceptors (Lipinski definition) is 6. The minimum absolute atomic E-state index is 0.0920. The summed E-state index contributed by atoms with van der Waals surface area (Å²) in [6.45, 7) is -0.413. The Balaban J connectivity index is 2.65. The number of carboxylic acids is 1. The number of nitro benzene ring substituents is 1. The van der Waals surface area contributed by atoms with E-state index >= 15 is 0 Å². The molecule has 2 aromatic rings. The lowest BCUT2D eigenvalue weighted by Crippen LogP contribution is -2.33. The van der Waals surface area contributed by atoms with Crippen molar-refractivity contribution in [2.24, 2.45) is 0 Å². The predicted octanol–water partition coefficient (Wildman–Crippen LogP) is 2.27. The van der Waals surface area contributed by atoms with Crippen LogP contribution in [-0.4, -0.2) is 38.1 Å². The summed E-state index contributed by atoms with van der Waals surface area (Å²) in [6, 6.07) is 11.0. The van der Waals surface area contributed by atoms with E-state index in [9.17, 15) is 23.3 Å². The molecule has 0 aromatic heterocycles. The van der Waals surface area contributed by atoms with Crippen LogP contribution in [0, 0.1) is 10.1 Å². The Hall–Kier alpha value is -3.14. The zero-order valence-electron chi connectivity index (χ0n) is 13.7. The smallest absolute Gasteiger partial charge is 0.305 e. The predicted molar refractivity (Wildman–Crippen MR) is 92.9 cm³/mol. The first kappa shape index (κ1) is 19.2. The van der Waals surface area contributed by atoms with Crippen molar-refractivity contribution in [1.82, 2.24) is 0 Å². The third-order valence-electron chi connectivity index (χ3n) is 3.51. The van der Waals surface area contributed by atoms with Gasteiger partial charge in [0.25, 0.3) is 15.7 Å². The molecule has 0 saturated heterocycles. The normalized spacial score (nSPS) is 11.0. The fourth-order valence-corrected chi connectivity index (χ4v) is 3.98. The quantitative estimate of drug-likeness (QED) is 0.550. The van der Waals surface area contributed by atoms with Crippen molar-refractivity contribution >= 4 is 27.4 Å². The maximum absolute atomic E-state index is 13.1. The highest BCUT2D eigenvalue weighted by atomic mass is 32.2. The van der Waals surface area contributed by atoms with Gasteiger partial charge in [0.2, 0.25) is 0 Å². The first-order chi connectivity index (χ1) is 12.3. The largest absolute Gasteiger partial charge is 0.495 e. The Morgan fingerprint density at radius 2 is 1.81 bits per heavy atom. The zero-order valence-corrected chi connectivity index (χ0v) is 14.5. The molecule has 0 aliphatic carbocycles. The molecule has 0 amide bonds. The molecule has 0 saturated carbocycles. The first-order valence-corrected chi connectivity index (χ1v) is 8.84. The summed E-state index contributed by atoms with van der Waals surface area (Å²) in [5, 5.41) is 20.2. The van der Waals surface area contributed by atoms with Crippen LogP contribution in [0.4, 0.5) is 11.4 Å². The van der Waals surface area contributed by atoms with Crippen molar-refractivity contribution in [1.29, 1.82) is 0 Å². The number of anilines is 1. The van der Waals surface area contributed by atoms with Crippen LogP contribution in [0.5, 0.6) is 5.75 Å². The van der Waals surface area contributed by atoms with Crippen molar-refractivity contribution in [2.45, 2.75) is 11.3 Å². The van der Waals surface area contributed by atoms with Gasteiger partial charge in [0.1, 0.15) is 5.75 Å². The molecule has 0 radical (unpaired) electrons. The van der Waals surface area contributed by atoms with E-state index in [-0.39, 0.29) is 11.4 Å². The van der Waals surface area contributed by atoms with E-state index in [2.05, 4.69) is 0 Å². The number of ether oxygens (including phenoxy) is 1. The standard InChI is InChI=1S/C16H16N2O7S/c1-25-14-8-4-2-6-12(14)17(11-10-16(19)20)26(23,24)15-9-5-3-7-13(15)18(21)22/h2-9H,10-11H2,1H3,(H,19,20). The zero-order chi connectivity index (χ0) is 19.3. The van der Waals surface area contributed by atoms with E-state index in [0.29, 0.717) is 0 Å². The van der Waals surface area contributed by atoms with Gasteiger partial charge in [-0.1, -0.05) is 24.3 Å². The van der Waals surface area contributed by atoms with Crippen LogP contribution in [0.2, 0.25) is 0 Å². The van der Waals surface area contributed by atoms with Crippen molar-refractivity contribution in [3.8, 4) is 5.75 Å². The number of nitro groups is 1. The van der Waals surface area contributed by atoms with Crippen molar-refractivity contribution < 1.29 is 28.0 Å². The van der Waals surface area contributed by atoms with Gasteiger partial charge in [-0.25, -0.2) is 8.42 Å². The number of carboxylic acid groups (broad SMARTS) is 1. The molecule has 2 rings (SSSR count). The summed E-state index contributed by atoms with van der Waals surface area (Å²) in [6.07, 6.45) is -0.488. The molecule has 26 heavy (non-hydrogen) atoms. The number of aliphatic carboxylic acids is 1. The van der Waals surface area contributed by atoms with Crippen LogP contribution in [0.25, 0.3) is 0 Å². The molecule has 2 aromatic carbocycles. The summed E-state index contributed by atoms with van der Waals surface area (Å²) in [7, 11) is -3.07. The molecule has 9 nitrogen and oxygen atoms in total. The molecule has 0 heterocycles. The van der Waals surface area contributed by atoms with Gasteiger partial charge in [0.05, 0.1) is 24.1 Å². The molecule has 0 aliphatic heterocycles. The van der Waals surface area contributed by atoms with Gasteiger partial charge in [0, 0.05) is 12.6 Å². The molecule has 0 spiro atoms. The number of hydrogen-bond donors (Lipinski definition) is 1. The van der Waals surface area contributed by atoms with E-state index in [1.807, 2.05) is 0 Å². The maximum atomic E-state index is 13.1. The second kappa shape index (κ2) is 7.83. The molecule has 0 aliphatic rings. The number of para-hydroxylation sites is 3. The third-order valence-corrected chi connectivity index (χ3v) is 5.37. The molecule has 10 heteroatoms. The molecule has 0 bridgehead atoms. The van der Waals surface area contributed by atoms with E-state index in [1.165, 1.54) is 31.4 Å². The van der Waals surface area contributed by atoms with E-state index in [1.54, 1.807) is 12.1 Å². The van der Waals surface area contributed by atoms with Gasteiger partial charge in [-0.3, -0.25) is 19.2 Å². The molecule has 138 valence electrons. The highest BCUT2D eigenvalue weighted by Crippen LogP contribution is 2.34. The van der Waals surface area contributed by atoms with Crippen LogP contribution >= 0.6 is 0 Å². The fourth-order valence-electron chi connectivity index (χ4n) is 2.35. The summed E-state index contributed by atoms with van der Waals surface area (Å²) in [5.74, 6) is -1.01. The van der Waals surface area contributed by atoms with Crippen LogP contribution in [0.3, 0.4) is 0 Å². The summed E-state index contributed by atoms with van der Waals surface area (Å²) >= 11 is 0. The van der Waals surface area contributed by atoms with Crippen LogP contribution in [-0.2, 0) is 14.8 Å². The number of carbonyl (C=O) groups is 1. The Labute approximate surface area is 149 Å². The van der Waals surface area contributed by atoms with Crippen molar-refractivity contribution in [3.05, 3.63) is 58.6 Å². The van der Waals surface area contributed by atoms with Crippen LogP contribution < -0.4 is 9.04 Å². The number of benzene rings is 2. The summed E-state index contributed by atoms with van der Waals surface area (Å²) in [4.78, 5) is 20.9. The average molecular weight is 380 g/mol. The number of nitrogens with zero attached hydrogens (tertiary/aromatic N) is 2. The van der Waals surface area contributed by atoms with Gasteiger partial charge >= 0.3 is 5.97 Å². The lowest BCUT2D eigenvalue weighted by Gasteiger charge is -2.25. The van der Waals surface area contributed by atoms with Crippen LogP contribution in [0.15, 0.2) is 53.4 Å². The summed E-state index contributed by atoms with van der Waals surface area (Å²) in [5.41, 5.74) is -0.503. The van der Waals surface area contributed by atoms with Gasteiger partial charge in [-0.2, -0.15) is 0 Å². The molecule has 0 atom stereocenters. The Morgan fingerprint density at radius 1 is 1.19 bits per heavy atom. The highest BCUT2D eigenvalue weighted by molar-refractivity contribution is 7.93. The second-order valence-electron chi connectivity index (χ2n) is 5.12. The minimum Gasteiger partial charge on any atom is -0.495 e. The number of rotatable bonds is 8. The Bertz CT molecular complexity index is 928. The fraction of sp³-hybridized carbons (Fsp3) is 0.188. The average Bonchev–Trinajstić information content (AvgIpc) is 2.61. The van der Waals surface area contributed by atoms with Crippen molar-refractivity contribution in [2.75, 3.05) is 18.0 Å². The lowest BCUT2D eigenvalue weighted by atomic mass is 10.3. The highest BCUT2D eigenvalue weighted by Gasteiger charge is 2.33. The van der Waals surface area contributed by atoms with Gasteiger partial charge in [0.15, 0.2) is 4.90 Å². The second-order valence-corrected chi connectivity index (χ2v) is 6.95. The van der Waals surface area contributed by atoms with E-state index in [0.717, 1.165) is 16.4 Å². The SMILES string of the molecule is COc1ccccc1N(CCC(=O)O)S(=O)(=O)c1ccccc1[N+](=O)[O-]. The molecular formula is C16H16N2O7S. The topological polar surface area (TPSA) is 127 Å². The molecule has 1 N–H and O–H groups in total. The molecule has 0 unspecified atom stereocenters. The third kappa shape index (κ3) is 3.91. The van der Waals surface area contributed by atoms with E-state index in [4.69, 9.17) is 9.84 Å². The van der Waals surface area contributed by atoms with Gasteiger partial charge in [-0.15, -0.1) is 0 Å². The van der Waals surface area contributed by atoms with E-state index < -0.39 is 44.5 Å². The summed E-state index contributed by atoms with van der Waals surface area (Å²) < 4.78 is 32.2. The number of sulfonamides is 1. The van der Waals surface area contributed by atoms with Crippen molar-refractivity contribution in [3.63, 3.8) is 0 Å². The number of methoxy groups -OCH3 is 1. The first-order valence-electron chi connectivity index (χ1n) is 7.40. The monoisotopic (exact) mass is 380 g/mol. The van der Waals surface area contributed by atoms with Gasteiger partial charge in [-0.05, 0) is 18.2 Å². The molecule has 0 fully saturated rings. The Morgan fingerprint density at radius 3 is 2.42 bits per heavy atom. The van der Waals surface area contributed by atoms with Gasteiger partial charge < -0.3 is 9.84 Å². The maximum Gasteiger partial charge on any atom is 0.305 e. The lowest BCUT2D eigenvalue weighted by molar-refractivity contribution is -0.387.